The molecule has 16 heavy (non-hydrogen) atoms. The normalized spacial score (nSPS) is 18.1. The van der Waals surface area contributed by atoms with E-state index in [2.05, 4.69) is 31.2 Å². The minimum Gasteiger partial charge on any atom is -0.330 e. The predicted molar refractivity (Wildman–Crippen MR) is 71.9 cm³/mol. The zero-order valence-electron chi connectivity index (χ0n) is 10.0. The van der Waals surface area contributed by atoms with Gasteiger partial charge >= 0.3 is 0 Å². The summed E-state index contributed by atoms with van der Waals surface area (Å²) in [5.41, 5.74) is 7.77. The molecule has 1 saturated carbocycles. The quantitative estimate of drug-likeness (QED) is 0.791. The van der Waals surface area contributed by atoms with Crippen molar-refractivity contribution in [3.05, 3.63) is 29.8 Å². The molecular formula is C14H21NS. The molecule has 1 fully saturated rings. The molecule has 0 heterocycles. The number of thioether (sulfide) groups is 1. The Labute approximate surface area is 103 Å². The van der Waals surface area contributed by atoms with Gasteiger partial charge in [-0.05, 0) is 54.7 Å². The molecule has 0 radical (unpaired) electrons. The summed E-state index contributed by atoms with van der Waals surface area (Å²) in [6.45, 7) is 3.04. The lowest BCUT2D eigenvalue weighted by Gasteiger charge is -2.41. The monoisotopic (exact) mass is 235 g/mol. The fourth-order valence-corrected chi connectivity index (χ4v) is 3.09. The van der Waals surface area contributed by atoms with Gasteiger partial charge in [0.1, 0.15) is 0 Å². The van der Waals surface area contributed by atoms with E-state index in [0.29, 0.717) is 5.41 Å². The zero-order chi connectivity index (χ0) is 11.4. The molecule has 0 aliphatic heterocycles. The lowest BCUT2D eigenvalue weighted by Crippen LogP contribution is -2.39. The van der Waals surface area contributed by atoms with Crippen molar-refractivity contribution in [3.8, 4) is 0 Å². The number of hydrogen-bond donors (Lipinski definition) is 1. The molecule has 0 bridgehead atoms. The molecule has 2 heteroatoms. The molecule has 0 spiro atoms. The van der Waals surface area contributed by atoms with Gasteiger partial charge in [0, 0.05) is 4.90 Å². The van der Waals surface area contributed by atoms with Crippen molar-refractivity contribution in [3.63, 3.8) is 0 Å². The summed E-state index contributed by atoms with van der Waals surface area (Å²) in [4.78, 5) is 1.38. The number of benzene rings is 1. The van der Waals surface area contributed by atoms with Crippen molar-refractivity contribution in [2.45, 2.75) is 37.5 Å². The molecule has 1 aliphatic rings. The molecular weight excluding hydrogens is 214 g/mol. The van der Waals surface area contributed by atoms with E-state index in [1.54, 1.807) is 0 Å². The largest absolute Gasteiger partial charge is 0.330 e. The molecule has 0 amide bonds. The Bertz CT molecular complexity index is 322. The van der Waals surface area contributed by atoms with Crippen molar-refractivity contribution in [2.24, 2.45) is 11.1 Å². The first-order valence-electron chi connectivity index (χ1n) is 6.20. The summed E-state index contributed by atoms with van der Waals surface area (Å²) < 4.78 is 0. The van der Waals surface area contributed by atoms with Crippen LogP contribution in [-0.2, 0) is 6.42 Å². The third-order valence-corrected chi connectivity index (χ3v) is 4.55. The summed E-state index contributed by atoms with van der Waals surface area (Å²) in [5.74, 6) is 1.14. The smallest absolute Gasteiger partial charge is 0.00720 e. The van der Waals surface area contributed by atoms with E-state index in [1.165, 1.54) is 36.1 Å². The first-order valence-corrected chi connectivity index (χ1v) is 7.18. The Morgan fingerprint density at radius 2 is 1.94 bits per heavy atom. The predicted octanol–water partition coefficient (Wildman–Crippen LogP) is 3.47. The molecule has 0 saturated heterocycles. The third kappa shape index (κ3) is 2.61. The van der Waals surface area contributed by atoms with Gasteiger partial charge in [-0.15, -0.1) is 11.8 Å². The Hall–Kier alpha value is -0.470. The molecule has 1 aromatic carbocycles. The van der Waals surface area contributed by atoms with Gasteiger partial charge < -0.3 is 5.73 Å². The van der Waals surface area contributed by atoms with E-state index in [0.717, 1.165) is 12.3 Å². The SMILES string of the molecule is CCSc1ccc(CC2(CN)CCC2)cc1. The van der Waals surface area contributed by atoms with Crippen molar-refractivity contribution < 1.29 is 0 Å². The second-order valence-corrected chi connectivity index (χ2v) is 6.15. The maximum Gasteiger partial charge on any atom is 0.00720 e. The van der Waals surface area contributed by atoms with Gasteiger partial charge in [-0.2, -0.15) is 0 Å². The fourth-order valence-electron chi connectivity index (χ4n) is 2.43. The molecule has 1 aromatic rings. The van der Waals surface area contributed by atoms with Crippen LogP contribution < -0.4 is 5.73 Å². The first-order chi connectivity index (χ1) is 7.78. The summed E-state index contributed by atoms with van der Waals surface area (Å²) in [6, 6.07) is 9.03. The Morgan fingerprint density at radius 3 is 2.38 bits per heavy atom. The Balaban J connectivity index is 1.99. The average molecular weight is 235 g/mol. The highest BCUT2D eigenvalue weighted by atomic mass is 32.2. The van der Waals surface area contributed by atoms with Crippen LogP contribution in [0.1, 0.15) is 31.7 Å². The number of hydrogen-bond acceptors (Lipinski definition) is 2. The molecule has 2 rings (SSSR count). The second kappa shape index (κ2) is 5.24. The van der Waals surface area contributed by atoms with Gasteiger partial charge in [0.2, 0.25) is 0 Å². The molecule has 1 nitrogen and oxygen atoms in total. The summed E-state index contributed by atoms with van der Waals surface area (Å²) in [6.07, 6.45) is 5.16. The molecule has 0 aromatic heterocycles. The minimum atomic E-state index is 0.430. The average Bonchev–Trinajstić information content (AvgIpc) is 2.26. The van der Waals surface area contributed by atoms with Crippen LogP contribution in [0, 0.1) is 5.41 Å². The highest BCUT2D eigenvalue weighted by Gasteiger charge is 2.35. The highest BCUT2D eigenvalue weighted by molar-refractivity contribution is 7.99. The van der Waals surface area contributed by atoms with Crippen molar-refractivity contribution in [2.75, 3.05) is 12.3 Å². The van der Waals surface area contributed by atoms with Crippen LogP contribution in [-0.4, -0.2) is 12.3 Å². The van der Waals surface area contributed by atoms with Crippen LogP contribution in [0.25, 0.3) is 0 Å². The maximum atomic E-state index is 5.89. The van der Waals surface area contributed by atoms with Crippen LogP contribution in [0.5, 0.6) is 0 Å². The van der Waals surface area contributed by atoms with Crippen molar-refractivity contribution in [1.29, 1.82) is 0 Å². The van der Waals surface area contributed by atoms with E-state index in [1.807, 2.05) is 11.8 Å². The highest BCUT2D eigenvalue weighted by Crippen LogP contribution is 2.42. The summed E-state index contributed by atoms with van der Waals surface area (Å²) in [7, 11) is 0. The number of rotatable bonds is 5. The minimum absolute atomic E-state index is 0.430. The van der Waals surface area contributed by atoms with Crippen molar-refractivity contribution in [1.82, 2.24) is 0 Å². The lowest BCUT2D eigenvalue weighted by molar-refractivity contribution is 0.145. The topological polar surface area (TPSA) is 26.0 Å². The fraction of sp³-hybridized carbons (Fsp3) is 0.571. The van der Waals surface area contributed by atoms with Crippen LogP contribution in [0.2, 0.25) is 0 Å². The van der Waals surface area contributed by atoms with Gasteiger partial charge in [0.15, 0.2) is 0 Å². The Morgan fingerprint density at radius 1 is 1.25 bits per heavy atom. The molecule has 2 N–H and O–H groups in total. The van der Waals surface area contributed by atoms with Crippen LogP contribution in [0.4, 0.5) is 0 Å². The van der Waals surface area contributed by atoms with Gasteiger partial charge in [-0.3, -0.25) is 0 Å². The van der Waals surface area contributed by atoms with E-state index in [4.69, 9.17) is 5.73 Å². The first kappa shape index (κ1) is 12.0. The molecule has 0 unspecified atom stereocenters. The summed E-state index contributed by atoms with van der Waals surface area (Å²) in [5, 5.41) is 0. The Kier molecular flexibility index (Phi) is 3.93. The maximum absolute atomic E-state index is 5.89. The molecule has 88 valence electrons. The molecule has 0 atom stereocenters. The van der Waals surface area contributed by atoms with Gasteiger partial charge in [-0.25, -0.2) is 0 Å². The zero-order valence-corrected chi connectivity index (χ0v) is 10.9. The lowest BCUT2D eigenvalue weighted by atomic mass is 9.65. The third-order valence-electron chi connectivity index (χ3n) is 3.66. The standard InChI is InChI=1S/C14H21NS/c1-2-16-13-6-4-12(5-7-13)10-14(11-15)8-3-9-14/h4-7H,2-3,8-11,15H2,1H3. The van der Waals surface area contributed by atoms with Gasteiger partial charge in [0.05, 0.1) is 0 Å². The number of nitrogens with two attached hydrogens (primary N) is 1. The van der Waals surface area contributed by atoms with Gasteiger partial charge in [0.25, 0.3) is 0 Å². The van der Waals surface area contributed by atoms with Crippen LogP contribution in [0.3, 0.4) is 0 Å². The van der Waals surface area contributed by atoms with E-state index in [9.17, 15) is 0 Å². The van der Waals surface area contributed by atoms with Crippen LogP contribution in [0.15, 0.2) is 29.2 Å². The molecule has 1 aliphatic carbocycles. The van der Waals surface area contributed by atoms with Gasteiger partial charge in [-0.1, -0.05) is 25.5 Å². The van der Waals surface area contributed by atoms with Crippen molar-refractivity contribution >= 4 is 11.8 Å². The second-order valence-electron chi connectivity index (χ2n) is 4.81. The van der Waals surface area contributed by atoms with E-state index in [-0.39, 0.29) is 0 Å². The van der Waals surface area contributed by atoms with E-state index < -0.39 is 0 Å². The summed E-state index contributed by atoms with van der Waals surface area (Å²) >= 11 is 1.90. The van der Waals surface area contributed by atoms with E-state index >= 15 is 0 Å². The van der Waals surface area contributed by atoms with Crippen LogP contribution >= 0.6 is 11.8 Å².